The predicted molar refractivity (Wildman–Crippen MR) is 134 cm³/mol. The van der Waals surface area contributed by atoms with Crippen molar-refractivity contribution >= 4 is 27.0 Å². The molecule has 186 valence electrons. The second-order valence-electron chi connectivity index (χ2n) is 9.20. The highest BCUT2D eigenvalue weighted by Crippen LogP contribution is 2.35. The van der Waals surface area contributed by atoms with Crippen LogP contribution in [0.1, 0.15) is 42.8 Å². The number of nitrogens with zero attached hydrogens (tertiary/aromatic N) is 4. The summed E-state index contributed by atoms with van der Waals surface area (Å²) in [7, 11) is -1.70. The fourth-order valence-corrected chi connectivity index (χ4v) is 6.73. The van der Waals surface area contributed by atoms with Crippen molar-refractivity contribution in [2.45, 2.75) is 50.1 Å². The molecule has 0 N–H and O–H groups in total. The van der Waals surface area contributed by atoms with Crippen LogP contribution in [0.2, 0.25) is 0 Å². The molecule has 1 aliphatic heterocycles. The summed E-state index contributed by atoms with van der Waals surface area (Å²) >= 11 is 0. The highest BCUT2D eigenvalue weighted by atomic mass is 32.2. The van der Waals surface area contributed by atoms with Crippen LogP contribution in [0.25, 0.3) is 11.0 Å². The van der Waals surface area contributed by atoms with Crippen LogP contribution in [-0.4, -0.2) is 66.4 Å². The van der Waals surface area contributed by atoms with Crippen molar-refractivity contribution in [1.82, 2.24) is 18.8 Å². The molecule has 35 heavy (non-hydrogen) atoms. The van der Waals surface area contributed by atoms with E-state index in [-0.39, 0.29) is 16.8 Å². The van der Waals surface area contributed by atoms with E-state index in [1.165, 1.54) is 15.4 Å². The second-order valence-corrected chi connectivity index (χ2v) is 11.1. The van der Waals surface area contributed by atoms with Crippen LogP contribution >= 0.6 is 0 Å². The molecule has 2 heterocycles. The minimum absolute atomic E-state index is 0.0944. The molecule has 5 rings (SSSR count). The molecular weight excluding hydrogens is 464 g/mol. The minimum atomic E-state index is -3.59. The third-order valence-electron chi connectivity index (χ3n) is 7.25. The van der Waals surface area contributed by atoms with Gasteiger partial charge in [0.2, 0.25) is 15.9 Å². The number of aromatic nitrogens is 2. The molecule has 1 saturated heterocycles. The quantitative estimate of drug-likeness (QED) is 0.502. The third kappa shape index (κ3) is 4.48. The van der Waals surface area contributed by atoms with Gasteiger partial charge in [0.25, 0.3) is 0 Å². The van der Waals surface area contributed by atoms with E-state index in [4.69, 9.17) is 9.72 Å². The lowest BCUT2D eigenvalue weighted by Gasteiger charge is -2.26. The number of sulfonamides is 1. The Labute approximate surface area is 206 Å². The highest BCUT2D eigenvalue weighted by molar-refractivity contribution is 7.89. The molecule has 1 amide bonds. The molecule has 1 unspecified atom stereocenters. The Kier molecular flexibility index (Phi) is 6.65. The van der Waals surface area contributed by atoms with E-state index in [9.17, 15) is 13.2 Å². The number of carbonyl (C=O) groups is 1. The number of hydrogen-bond donors (Lipinski definition) is 0. The van der Waals surface area contributed by atoms with Crippen LogP contribution in [0, 0.1) is 0 Å². The molecule has 0 radical (unpaired) electrons. The van der Waals surface area contributed by atoms with E-state index in [1.54, 1.807) is 12.1 Å². The molecule has 1 fully saturated rings. The number of ether oxygens (including phenoxy) is 1. The summed E-state index contributed by atoms with van der Waals surface area (Å²) in [5.74, 6) is 0.897. The number of amides is 1. The van der Waals surface area contributed by atoms with Crippen molar-refractivity contribution in [3.8, 4) is 0 Å². The Morgan fingerprint density at radius 1 is 1.17 bits per heavy atom. The largest absolute Gasteiger partial charge is 0.379 e. The SMILES string of the molecule is CCn1c(CCC(=O)N(C)C2CCc3ccccc32)nc2cc(S(=O)(=O)N3CCOCC3)ccc21. The van der Waals surface area contributed by atoms with E-state index >= 15 is 0 Å². The molecule has 1 aromatic heterocycles. The maximum absolute atomic E-state index is 13.1. The molecule has 8 nitrogen and oxygen atoms in total. The smallest absolute Gasteiger partial charge is 0.243 e. The summed E-state index contributed by atoms with van der Waals surface area (Å²) in [6.45, 7) is 4.26. The first kappa shape index (κ1) is 24.0. The maximum atomic E-state index is 13.1. The molecule has 3 aromatic rings. The molecular formula is C26H32N4O4S. The highest BCUT2D eigenvalue weighted by Gasteiger charge is 2.29. The second kappa shape index (κ2) is 9.72. The monoisotopic (exact) mass is 496 g/mol. The van der Waals surface area contributed by atoms with Gasteiger partial charge in [0.1, 0.15) is 5.82 Å². The Balaban J connectivity index is 1.33. The van der Waals surface area contributed by atoms with Gasteiger partial charge in [-0.2, -0.15) is 4.31 Å². The van der Waals surface area contributed by atoms with Gasteiger partial charge in [-0.25, -0.2) is 13.4 Å². The van der Waals surface area contributed by atoms with Crippen LogP contribution in [0.15, 0.2) is 47.4 Å². The maximum Gasteiger partial charge on any atom is 0.243 e. The van der Waals surface area contributed by atoms with Gasteiger partial charge in [-0.15, -0.1) is 0 Å². The Morgan fingerprint density at radius 2 is 1.94 bits per heavy atom. The van der Waals surface area contributed by atoms with E-state index in [0.717, 1.165) is 24.2 Å². The van der Waals surface area contributed by atoms with Crippen molar-refractivity contribution in [2.24, 2.45) is 0 Å². The zero-order chi connectivity index (χ0) is 24.6. The minimum Gasteiger partial charge on any atom is -0.379 e. The standard InChI is InChI=1S/C26H32N4O4S/c1-3-30-24-11-9-20(35(32,33)29-14-16-34-17-15-29)18-22(24)27-25(30)12-13-26(31)28(2)23-10-8-19-6-4-5-7-21(19)23/h4-7,9,11,18,23H,3,8,10,12-17H2,1-2H3. The van der Waals surface area contributed by atoms with E-state index in [2.05, 4.69) is 22.8 Å². The lowest BCUT2D eigenvalue weighted by molar-refractivity contribution is -0.132. The van der Waals surface area contributed by atoms with Gasteiger partial charge >= 0.3 is 0 Å². The van der Waals surface area contributed by atoms with Gasteiger partial charge in [0.05, 0.1) is 35.2 Å². The summed E-state index contributed by atoms with van der Waals surface area (Å²) < 4.78 is 35.0. The Hall–Kier alpha value is -2.75. The number of aryl methyl sites for hydroxylation is 3. The molecule has 9 heteroatoms. The number of imidazole rings is 1. The van der Waals surface area contributed by atoms with E-state index in [1.807, 2.05) is 31.0 Å². The number of fused-ring (bicyclic) bond motifs is 2. The van der Waals surface area contributed by atoms with Gasteiger partial charge in [-0.05, 0) is 49.1 Å². The number of morpholine rings is 1. The average molecular weight is 497 g/mol. The molecule has 0 saturated carbocycles. The van der Waals surface area contributed by atoms with E-state index < -0.39 is 10.0 Å². The predicted octanol–water partition coefficient (Wildman–Crippen LogP) is 3.16. The Morgan fingerprint density at radius 3 is 2.71 bits per heavy atom. The topological polar surface area (TPSA) is 84.7 Å². The van der Waals surface area contributed by atoms with Crippen molar-refractivity contribution in [1.29, 1.82) is 0 Å². The molecule has 1 atom stereocenters. The molecule has 0 bridgehead atoms. The first-order valence-electron chi connectivity index (χ1n) is 12.3. The number of carbonyl (C=O) groups excluding carboxylic acids is 1. The third-order valence-corrected chi connectivity index (χ3v) is 9.14. The lowest BCUT2D eigenvalue weighted by Crippen LogP contribution is -2.40. The van der Waals surface area contributed by atoms with Crippen molar-refractivity contribution in [3.05, 3.63) is 59.4 Å². The lowest BCUT2D eigenvalue weighted by atomic mass is 10.1. The van der Waals surface area contributed by atoms with Crippen LogP contribution < -0.4 is 0 Å². The summed E-state index contributed by atoms with van der Waals surface area (Å²) in [5, 5.41) is 0. The first-order chi connectivity index (χ1) is 16.9. The van der Waals surface area contributed by atoms with Crippen LogP contribution in [-0.2, 0) is 38.9 Å². The molecule has 1 aliphatic carbocycles. The first-order valence-corrected chi connectivity index (χ1v) is 13.7. The number of rotatable bonds is 7. The van der Waals surface area contributed by atoms with Gasteiger partial charge in [0, 0.05) is 39.5 Å². The van der Waals surface area contributed by atoms with Crippen molar-refractivity contribution in [3.63, 3.8) is 0 Å². The summed E-state index contributed by atoms with van der Waals surface area (Å²) in [4.78, 5) is 20.0. The van der Waals surface area contributed by atoms with E-state index in [0.29, 0.717) is 51.2 Å². The number of hydrogen-bond acceptors (Lipinski definition) is 5. The zero-order valence-electron chi connectivity index (χ0n) is 20.3. The fourth-order valence-electron chi connectivity index (χ4n) is 5.31. The van der Waals surface area contributed by atoms with Crippen LogP contribution in [0.4, 0.5) is 0 Å². The van der Waals surface area contributed by atoms with Gasteiger partial charge in [-0.1, -0.05) is 24.3 Å². The molecule has 2 aliphatic rings. The van der Waals surface area contributed by atoms with Gasteiger partial charge < -0.3 is 14.2 Å². The molecule has 2 aromatic carbocycles. The van der Waals surface area contributed by atoms with Crippen molar-refractivity contribution < 1.29 is 17.9 Å². The summed E-state index contributed by atoms with van der Waals surface area (Å²) in [6.07, 6.45) is 2.82. The Bertz CT molecular complexity index is 1340. The normalized spacial score (nSPS) is 18.6. The number of benzene rings is 2. The summed E-state index contributed by atoms with van der Waals surface area (Å²) in [5.41, 5.74) is 4.10. The fraction of sp³-hybridized carbons (Fsp3) is 0.462. The summed E-state index contributed by atoms with van der Waals surface area (Å²) in [6, 6.07) is 13.6. The van der Waals surface area contributed by atoms with Gasteiger partial charge in [-0.3, -0.25) is 4.79 Å². The zero-order valence-corrected chi connectivity index (χ0v) is 21.1. The van der Waals surface area contributed by atoms with Crippen molar-refractivity contribution in [2.75, 3.05) is 33.4 Å². The van der Waals surface area contributed by atoms with Crippen LogP contribution in [0.3, 0.4) is 0 Å². The van der Waals surface area contributed by atoms with Gasteiger partial charge in [0.15, 0.2) is 0 Å². The average Bonchev–Trinajstić information content (AvgIpc) is 3.47. The molecule has 0 spiro atoms. The van der Waals surface area contributed by atoms with Crippen LogP contribution in [0.5, 0.6) is 0 Å².